The second-order valence-corrected chi connectivity index (χ2v) is 6.69. The Kier molecular flexibility index (Phi) is 5.89. The van der Waals surface area contributed by atoms with Crippen LogP contribution in [0.4, 0.5) is 4.39 Å². The second kappa shape index (κ2) is 8.36. The number of fused-ring (bicyclic) bond motifs is 1. The molecule has 0 aliphatic heterocycles. The van der Waals surface area contributed by atoms with Gasteiger partial charge in [-0.05, 0) is 66.4 Å². The molecule has 0 saturated carbocycles. The number of halogens is 1. The van der Waals surface area contributed by atoms with Gasteiger partial charge < -0.3 is 0 Å². The Bertz CT molecular complexity index is 1180. The van der Waals surface area contributed by atoms with Gasteiger partial charge in [0.15, 0.2) is 0 Å². The summed E-state index contributed by atoms with van der Waals surface area (Å²) in [5.74, 6) is -0.439. The molecule has 1 amide bonds. The Morgan fingerprint density at radius 1 is 1.24 bits per heavy atom. The number of aromatic nitrogens is 2. The number of nitrogens with zero attached hydrogens (tertiary/aromatic N) is 2. The van der Waals surface area contributed by atoms with Gasteiger partial charge in [0.1, 0.15) is 11.6 Å². The summed E-state index contributed by atoms with van der Waals surface area (Å²) in [7, 11) is 0. The van der Waals surface area contributed by atoms with Crippen LogP contribution in [0.15, 0.2) is 41.2 Å². The van der Waals surface area contributed by atoms with Crippen molar-refractivity contribution in [3.05, 3.63) is 75.1 Å². The number of amides is 1. The summed E-state index contributed by atoms with van der Waals surface area (Å²) in [6, 6.07) is 7.82. The number of nitrogens with one attached hydrogen (secondary N) is 1. The molecule has 1 aromatic heterocycles. The highest BCUT2D eigenvalue weighted by Gasteiger charge is 2.16. The van der Waals surface area contributed by atoms with Gasteiger partial charge in [-0.1, -0.05) is 13.8 Å². The number of hydroxylamine groups is 1. The van der Waals surface area contributed by atoms with Crippen molar-refractivity contribution in [2.24, 2.45) is 0 Å². The van der Waals surface area contributed by atoms with E-state index in [1.807, 2.05) is 19.9 Å². The number of carbonyl (C=O) groups excluding carboxylic acids is 1. The lowest BCUT2D eigenvalue weighted by atomic mass is 10.0. The molecule has 0 aliphatic rings. The molecule has 2 aromatic carbocycles. The van der Waals surface area contributed by atoms with E-state index in [4.69, 9.17) is 10.2 Å². The van der Waals surface area contributed by atoms with Gasteiger partial charge in [-0.25, -0.2) is 14.9 Å². The Morgan fingerprint density at radius 2 is 2.00 bits per heavy atom. The van der Waals surface area contributed by atoms with Crippen molar-refractivity contribution in [3.8, 4) is 5.69 Å². The Balaban J connectivity index is 2.33. The van der Waals surface area contributed by atoms with Gasteiger partial charge in [-0.3, -0.25) is 19.4 Å². The highest BCUT2D eigenvalue weighted by atomic mass is 19.1. The molecular weight excluding hydrogens is 373 g/mol. The van der Waals surface area contributed by atoms with Crippen LogP contribution in [0.3, 0.4) is 0 Å². The number of hydrogen-bond acceptors (Lipinski definition) is 4. The van der Waals surface area contributed by atoms with Gasteiger partial charge >= 0.3 is 0 Å². The zero-order valence-corrected chi connectivity index (χ0v) is 16.5. The third kappa shape index (κ3) is 3.95. The van der Waals surface area contributed by atoms with Crippen LogP contribution in [-0.4, -0.2) is 20.7 Å². The van der Waals surface area contributed by atoms with Gasteiger partial charge in [0.25, 0.3) is 11.5 Å². The van der Waals surface area contributed by atoms with Gasteiger partial charge in [0, 0.05) is 12.5 Å². The lowest BCUT2D eigenvalue weighted by Gasteiger charge is -2.16. The van der Waals surface area contributed by atoms with Crippen LogP contribution in [0.1, 0.15) is 36.4 Å². The first kappa shape index (κ1) is 20.4. The normalized spacial score (nSPS) is 11.3. The molecule has 1 heterocycles. The van der Waals surface area contributed by atoms with Crippen molar-refractivity contribution < 1.29 is 14.4 Å². The highest BCUT2D eigenvalue weighted by Crippen LogP contribution is 2.22. The van der Waals surface area contributed by atoms with Gasteiger partial charge in [-0.15, -0.1) is 0 Å². The molecule has 7 heteroatoms. The van der Waals surface area contributed by atoms with Crippen LogP contribution < -0.4 is 11.0 Å². The van der Waals surface area contributed by atoms with E-state index in [-0.39, 0.29) is 11.4 Å². The largest absolute Gasteiger partial charge is 0.288 e. The molecule has 2 N–H and O–H groups in total. The van der Waals surface area contributed by atoms with Crippen LogP contribution in [0, 0.1) is 12.7 Å². The summed E-state index contributed by atoms with van der Waals surface area (Å²) in [4.78, 5) is 29.5. The van der Waals surface area contributed by atoms with Crippen molar-refractivity contribution in [1.82, 2.24) is 15.0 Å². The average molecular weight is 395 g/mol. The van der Waals surface area contributed by atoms with Crippen LogP contribution in [0.2, 0.25) is 0 Å². The molecule has 0 bridgehead atoms. The predicted molar refractivity (Wildman–Crippen MR) is 110 cm³/mol. The number of hydrogen-bond donors (Lipinski definition) is 2. The SMILES string of the molecule is CCc1cc(/C=C/C(=O)NO)cc2c(=O)n(-c3ccc(F)cc3C)c(CC)nc12. The Morgan fingerprint density at radius 3 is 2.62 bits per heavy atom. The lowest BCUT2D eigenvalue weighted by Crippen LogP contribution is -2.25. The third-order valence-electron chi connectivity index (χ3n) is 4.78. The topological polar surface area (TPSA) is 84.2 Å². The van der Waals surface area contributed by atoms with Gasteiger partial charge in [0.05, 0.1) is 16.6 Å². The zero-order chi connectivity index (χ0) is 21.1. The van der Waals surface area contributed by atoms with E-state index >= 15 is 0 Å². The average Bonchev–Trinajstić information content (AvgIpc) is 2.72. The van der Waals surface area contributed by atoms with Crippen molar-refractivity contribution >= 4 is 22.9 Å². The molecule has 0 aliphatic carbocycles. The minimum Gasteiger partial charge on any atom is -0.288 e. The summed E-state index contributed by atoms with van der Waals surface area (Å²) in [5, 5.41) is 9.07. The van der Waals surface area contributed by atoms with Crippen LogP contribution in [0.25, 0.3) is 22.7 Å². The summed E-state index contributed by atoms with van der Waals surface area (Å²) in [6.07, 6.45) is 3.88. The van der Waals surface area contributed by atoms with Crippen LogP contribution >= 0.6 is 0 Å². The maximum Gasteiger partial charge on any atom is 0.267 e. The minimum absolute atomic E-state index is 0.252. The quantitative estimate of drug-likeness (QED) is 0.394. The fraction of sp³-hybridized carbons (Fsp3) is 0.227. The van der Waals surface area contributed by atoms with E-state index in [9.17, 15) is 14.0 Å². The zero-order valence-electron chi connectivity index (χ0n) is 16.5. The maximum atomic E-state index is 13.6. The fourth-order valence-corrected chi connectivity index (χ4v) is 3.36. The fourth-order valence-electron chi connectivity index (χ4n) is 3.36. The van der Waals surface area contributed by atoms with Crippen LogP contribution in [-0.2, 0) is 17.6 Å². The minimum atomic E-state index is -0.665. The van der Waals surface area contributed by atoms with Crippen molar-refractivity contribution in [2.75, 3.05) is 0 Å². The number of benzene rings is 2. The van der Waals surface area contributed by atoms with Crippen molar-refractivity contribution in [1.29, 1.82) is 0 Å². The molecule has 3 rings (SSSR count). The molecule has 0 radical (unpaired) electrons. The highest BCUT2D eigenvalue weighted by molar-refractivity contribution is 5.92. The number of rotatable bonds is 5. The van der Waals surface area contributed by atoms with E-state index < -0.39 is 5.91 Å². The van der Waals surface area contributed by atoms with E-state index in [1.165, 1.54) is 34.3 Å². The molecule has 0 atom stereocenters. The van der Waals surface area contributed by atoms with Gasteiger partial charge in [-0.2, -0.15) is 0 Å². The van der Waals surface area contributed by atoms with Crippen LogP contribution in [0.5, 0.6) is 0 Å². The summed E-state index contributed by atoms with van der Waals surface area (Å²) in [5.41, 5.74) is 4.64. The molecule has 150 valence electrons. The van der Waals surface area contributed by atoms with Gasteiger partial charge in [0.2, 0.25) is 0 Å². The number of aryl methyl sites for hydroxylation is 3. The van der Waals surface area contributed by atoms with E-state index in [0.717, 1.165) is 5.56 Å². The smallest absolute Gasteiger partial charge is 0.267 e. The molecular formula is C22H22FN3O3. The third-order valence-corrected chi connectivity index (χ3v) is 4.78. The van der Waals surface area contributed by atoms with E-state index in [0.29, 0.717) is 46.4 Å². The first-order chi connectivity index (χ1) is 13.9. The molecule has 6 nitrogen and oxygen atoms in total. The molecule has 0 saturated heterocycles. The second-order valence-electron chi connectivity index (χ2n) is 6.69. The summed E-state index contributed by atoms with van der Waals surface area (Å²) >= 11 is 0. The Hall–Kier alpha value is -3.32. The van der Waals surface area contributed by atoms with E-state index in [1.54, 1.807) is 19.1 Å². The standard InChI is InChI=1S/C22H22FN3O3/c1-4-15-11-14(6-9-20(27)25-29)12-17-21(15)24-19(5-2)26(22(17)28)18-8-7-16(23)10-13(18)3/h6-12,29H,4-5H2,1-3H3,(H,25,27)/b9-6+. The van der Waals surface area contributed by atoms with E-state index in [2.05, 4.69) is 0 Å². The van der Waals surface area contributed by atoms with Crippen molar-refractivity contribution in [2.45, 2.75) is 33.6 Å². The monoisotopic (exact) mass is 395 g/mol. The number of carbonyl (C=O) groups is 1. The molecule has 0 spiro atoms. The first-order valence-electron chi connectivity index (χ1n) is 9.36. The first-order valence-corrected chi connectivity index (χ1v) is 9.36. The molecule has 3 aromatic rings. The molecule has 0 fully saturated rings. The summed E-state index contributed by atoms with van der Waals surface area (Å²) < 4.78 is 15.1. The summed E-state index contributed by atoms with van der Waals surface area (Å²) in [6.45, 7) is 5.63. The molecule has 0 unspecified atom stereocenters. The lowest BCUT2D eigenvalue weighted by molar-refractivity contribution is -0.124. The molecule has 29 heavy (non-hydrogen) atoms. The van der Waals surface area contributed by atoms with Crippen molar-refractivity contribution in [3.63, 3.8) is 0 Å². The Labute approximate surface area is 167 Å². The maximum absolute atomic E-state index is 13.6. The predicted octanol–water partition coefficient (Wildman–Crippen LogP) is 3.48.